The third kappa shape index (κ3) is 2.56. The molecule has 2 aliphatic rings. The van der Waals surface area contributed by atoms with Crippen molar-refractivity contribution in [1.29, 1.82) is 0 Å². The fourth-order valence-electron chi connectivity index (χ4n) is 4.77. The van der Waals surface area contributed by atoms with Gasteiger partial charge in [0.25, 0.3) is 0 Å². The van der Waals surface area contributed by atoms with Crippen LogP contribution in [0.2, 0.25) is 0 Å². The third-order valence-corrected chi connectivity index (χ3v) is 6.02. The molecule has 3 atom stereocenters. The zero-order valence-electron chi connectivity index (χ0n) is 15.3. The van der Waals surface area contributed by atoms with Gasteiger partial charge in [0.2, 0.25) is 11.8 Å². The molecule has 3 unspecified atom stereocenters. The number of hydrogen-bond donors (Lipinski definition) is 2. The maximum absolute atomic E-state index is 13.3. The highest BCUT2D eigenvalue weighted by Crippen LogP contribution is 2.57. The Balaban J connectivity index is 1.99. The summed E-state index contributed by atoms with van der Waals surface area (Å²) in [5, 5.41) is 4.57. The Hall–Kier alpha value is -3.28. The maximum atomic E-state index is 13.3. The molecular weight excluding hydrogens is 356 g/mol. The van der Waals surface area contributed by atoms with Crippen LogP contribution in [0.15, 0.2) is 60.7 Å². The van der Waals surface area contributed by atoms with E-state index in [2.05, 4.69) is 10.6 Å². The number of nitrogens with one attached hydrogen (secondary N) is 2. The minimum absolute atomic E-state index is 0.00849. The number of benzene rings is 2. The Kier molecular flexibility index (Phi) is 4.34. The first-order chi connectivity index (χ1) is 13.5. The number of carbonyl (C=O) groups excluding carboxylic acids is 4. The molecule has 0 bridgehead atoms. The fourth-order valence-corrected chi connectivity index (χ4v) is 4.77. The van der Waals surface area contributed by atoms with Crippen LogP contribution in [0.5, 0.6) is 0 Å². The first-order valence-corrected chi connectivity index (χ1v) is 9.25. The van der Waals surface area contributed by atoms with Gasteiger partial charge in [-0.25, -0.2) is 4.79 Å². The Labute approximate surface area is 162 Å². The predicted molar refractivity (Wildman–Crippen MR) is 101 cm³/mol. The zero-order chi connectivity index (χ0) is 19.9. The van der Waals surface area contributed by atoms with Gasteiger partial charge < -0.3 is 0 Å². The lowest BCUT2D eigenvalue weighted by Gasteiger charge is -2.50. The largest absolute Gasteiger partial charge is 0.328 e. The summed E-state index contributed by atoms with van der Waals surface area (Å²) in [6.45, 7) is 1.75. The van der Waals surface area contributed by atoms with Crippen LogP contribution in [0.1, 0.15) is 36.3 Å². The average molecular weight is 376 g/mol. The number of urea groups is 1. The lowest BCUT2D eigenvalue weighted by molar-refractivity contribution is -0.154. The SMILES string of the molecule is CC1C(=O)CC(c2ccccc2)C2(C(=O)NC(=O)NC2=O)C1c1ccccc1. The van der Waals surface area contributed by atoms with E-state index in [1.165, 1.54) is 0 Å². The Morgan fingerprint density at radius 1 is 0.786 bits per heavy atom. The predicted octanol–water partition coefficient (Wildman–Crippen LogP) is 2.52. The van der Waals surface area contributed by atoms with Crippen molar-refractivity contribution in [3.8, 4) is 0 Å². The maximum Gasteiger partial charge on any atom is 0.328 e. The number of barbiturate groups is 1. The van der Waals surface area contributed by atoms with E-state index in [0.717, 1.165) is 11.1 Å². The summed E-state index contributed by atoms with van der Waals surface area (Å²) in [5.41, 5.74) is -0.142. The number of ketones is 1. The second-order valence-electron chi connectivity index (χ2n) is 7.42. The van der Waals surface area contributed by atoms with Crippen LogP contribution in [-0.2, 0) is 14.4 Å². The van der Waals surface area contributed by atoms with E-state index in [0.29, 0.717) is 0 Å². The highest BCUT2D eigenvalue weighted by atomic mass is 16.2. The molecular formula is C22H20N2O4. The molecule has 2 aromatic rings. The number of imide groups is 2. The second kappa shape index (κ2) is 6.71. The molecule has 1 saturated carbocycles. The smallest absolute Gasteiger partial charge is 0.299 e. The molecule has 1 heterocycles. The second-order valence-corrected chi connectivity index (χ2v) is 7.42. The van der Waals surface area contributed by atoms with Gasteiger partial charge in [-0.15, -0.1) is 0 Å². The van der Waals surface area contributed by atoms with Crippen molar-refractivity contribution in [1.82, 2.24) is 10.6 Å². The van der Waals surface area contributed by atoms with Crippen molar-refractivity contribution in [2.45, 2.75) is 25.2 Å². The Morgan fingerprint density at radius 2 is 1.29 bits per heavy atom. The minimum Gasteiger partial charge on any atom is -0.299 e. The summed E-state index contributed by atoms with van der Waals surface area (Å²) in [7, 11) is 0. The highest BCUT2D eigenvalue weighted by Gasteiger charge is 2.65. The first kappa shape index (κ1) is 18.1. The van der Waals surface area contributed by atoms with E-state index in [9.17, 15) is 19.2 Å². The molecule has 2 fully saturated rings. The van der Waals surface area contributed by atoms with Crippen LogP contribution >= 0.6 is 0 Å². The molecule has 1 saturated heterocycles. The van der Waals surface area contributed by atoms with E-state index < -0.39 is 41.0 Å². The number of Topliss-reactive ketones (excluding diaryl/α,β-unsaturated/α-hetero) is 1. The summed E-state index contributed by atoms with van der Waals surface area (Å²) in [6, 6.07) is 17.4. The molecule has 2 N–H and O–H groups in total. The van der Waals surface area contributed by atoms with Crippen molar-refractivity contribution in [3.63, 3.8) is 0 Å². The van der Waals surface area contributed by atoms with E-state index in [-0.39, 0.29) is 12.2 Å². The van der Waals surface area contributed by atoms with Crippen LogP contribution in [0, 0.1) is 11.3 Å². The van der Waals surface area contributed by atoms with Crippen LogP contribution in [0.4, 0.5) is 4.79 Å². The van der Waals surface area contributed by atoms with Crippen LogP contribution in [-0.4, -0.2) is 23.6 Å². The molecule has 6 heteroatoms. The molecule has 6 nitrogen and oxygen atoms in total. The van der Waals surface area contributed by atoms with Crippen molar-refractivity contribution >= 4 is 23.6 Å². The quantitative estimate of drug-likeness (QED) is 0.788. The van der Waals surface area contributed by atoms with Gasteiger partial charge in [-0.05, 0) is 11.1 Å². The van der Waals surface area contributed by atoms with Gasteiger partial charge >= 0.3 is 6.03 Å². The van der Waals surface area contributed by atoms with Crippen molar-refractivity contribution in [2.24, 2.45) is 11.3 Å². The minimum atomic E-state index is -1.59. The Bertz CT molecular complexity index is 935. The fraction of sp³-hybridized carbons (Fsp3) is 0.273. The van der Waals surface area contributed by atoms with Crippen molar-refractivity contribution in [3.05, 3.63) is 71.8 Å². The third-order valence-electron chi connectivity index (χ3n) is 6.02. The monoisotopic (exact) mass is 376 g/mol. The zero-order valence-corrected chi connectivity index (χ0v) is 15.3. The molecule has 142 valence electrons. The number of rotatable bonds is 2. The molecule has 0 radical (unpaired) electrons. The van der Waals surface area contributed by atoms with E-state index in [1.807, 2.05) is 60.7 Å². The van der Waals surface area contributed by atoms with Gasteiger partial charge in [-0.1, -0.05) is 67.6 Å². The van der Waals surface area contributed by atoms with Crippen LogP contribution in [0.25, 0.3) is 0 Å². The highest BCUT2D eigenvalue weighted by molar-refractivity contribution is 6.21. The van der Waals surface area contributed by atoms with Crippen molar-refractivity contribution < 1.29 is 19.2 Å². The van der Waals surface area contributed by atoms with Gasteiger partial charge in [0.1, 0.15) is 11.2 Å². The molecule has 1 aliphatic heterocycles. The van der Waals surface area contributed by atoms with E-state index >= 15 is 0 Å². The topological polar surface area (TPSA) is 92.3 Å². The van der Waals surface area contributed by atoms with Gasteiger partial charge in [-0.3, -0.25) is 25.0 Å². The summed E-state index contributed by atoms with van der Waals surface area (Å²) in [4.78, 5) is 51.4. The first-order valence-electron chi connectivity index (χ1n) is 9.25. The van der Waals surface area contributed by atoms with Crippen LogP contribution < -0.4 is 10.6 Å². The van der Waals surface area contributed by atoms with E-state index in [1.54, 1.807) is 6.92 Å². The van der Waals surface area contributed by atoms with Crippen LogP contribution in [0.3, 0.4) is 0 Å². The molecule has 0 aromatic heterocycles. The van der Waals surface area contributed by atoms with Crippen molar-refractivity contribution in [2.75, 3.05) is 0 Å². The standard InChI is InChI=1S/C22H20N2O4/c1-13-17(25)12-16(14-8-4-2-5-9-14)22(18(13)15-10-6-3-7-11-15)19(26)23-21(28)24-20(22)27/h2-11,13,16,18H,12H2,1H3,(H2,23,24,26,27,28). The molecule has 4 amide bonds. The lowest BCUT2D eigenvalue weighted by Crippen LogP contribution is -2.68. The number of carbonyl (C=O) groups is 4. The summed E-state index contributed by atoms with van der Waals surface area (Å²) < 4.78 is 0. The lowest BCUT2D eigenvalue weighted by atomic mass is 9.51. The molecule has 4 rings (SSSR count). The summed E-state index contributed by atoms with van der Waals surface area (Å²) in [6.07, 6.45) is 0.0591. The van der Waals surface area contributed by atoms with E-state index in [4.69, 9.17) is 0 Å². The number of hydrogen-bond acceptors (Lipinski definition) is 4. The van der Waals surface area contributed by atoms with Gasteiger partial charge in [-0.2, -0.15) is 0 Å². The van der Waals surface area contributed by atoms with Gasteiger partial charge in [0.15, 0.2) is 0 Å². The normalized spacial score (nSPS) is 26.7. The molecule has 2 aromatic carbocycles. The Morgan fingerprint density at radius 3 is 1.82 bits per heavy atom. The summed E-state index contributed by atoms with van der Waals surface area (Å²) in [5.74, 6) is -3.21. The van der Waals surface area contributed by atoms with Gasteiger partial charge in [0.05, 0.1) is 0 Å². The molecule has 28 heavy (non-hydrogen) atoms. The molecule has 1 aliphatic carbocycles. The number of amides is 4. The average Bonchev–Trinajstić information content (AvgIpc) is 2.69. The summed E-state index contributed by atoms with van der Waals surface area (Å²) >= 11 is 0. The van der Waals surface area contributed by atoms with Gasteiger partial charge in [0, 0.05) is 24.2 Å². The molecule has 1 spiro atoms.